The van der Waals surface area contributed by atoms with Crippen LogP contribution in [-0.4, -0.2) is 52.1 Å². The molecule has 0 unspecified atom stereocenters. The molecule has 2 aromatic heterocycles. The van der Waals surface area contributed by atoms with Crippen LogP contribution in [0.2, 0.25) is 5.02 Å². The average Bonchev–Trinajstić information content (AvgIpc) is 3.18. The fourth-order valence-electron chi connectivity index (χ4n) is 3.60. The summed E-state index contributed by atoms with van der Waals surface area (Å²) in [6, 6.07) is 8.60. The van der Waals surface area contributed by atoms with Crippen molar-refractivity contribution in [2.45, 2.75) is 25.7 Å². The fourth-order valence-corrected chi connectivity index (χ4v) is 3.77. The van der Waals surface area contributed by atoms with Gasteiger partial charge >= 0.3 is 6.09 Å². The maximum atomic E-state index is 13.4. The van der Waals surface area contributed by atoms with Crippen molar-refractivity contribution >= 4 is 40.3 Å². The third kappa shape index (κ3) is 4.52. The van der Waals surface area contributed by atoms with Crippen LogP contribution in [0.5, 0.6) is 0 Å². The zero-order valence-electron chi connectivity index (χ0n) is 17.3. The molecule has 2 amide bonds. The molecule has 1 saturated heterocycles. The highest BCUT2D eigenvalue weighted by Gasteiger charge is 2.35. The normalized spacial score (nSPS) is 15.6. The topological polar surface area (TPSA) is 76.5 Å². The van der Waals surface area contributed by atoms with Crippen LogP contribution in [0.4, 0.5) is 19.3 Å². The fraction of sp³-hybridized carbons (Fsp3) is 0.318. The van der Waals surface area contributed by atoms with Gasteiger partial charge < -0.3 is 14.2 Å². The molecule has 0 atom stereocenters. The lowest BCUT2D eigenvalue weighted by atomic mass is 10.1. The van der Waals surface area contributed by atoms with Gasteiger partial charge in [-0.15, -0.1) is 0 Å². The molecular formula is C22H21ClF2N4O3. The molecule has 4 rings (SSSR count). The number of hydrogen-bond donors (Lipinski definition) is 1. The summed E-state index contributed by atoms with van der Waals surface area (Å²) in [5, 5.41) is 3.67. The largest absolute Gasteiger partial charge is 0.450 e. The average molecular weight is 463 g/mol. The Balaban J connectivity index is 1.58. The number of benzene rings is 1. The molecule has 1 aromatic carbocycles. The lowest BCUT2D eigenvalue weighted by molar-refractivity contribution is -0.0494. The van der Waals surface area contributed by atoms with E-state index in [0.29, 0.717) is 33.0 Å². The van der Waals surface area contributed by atoms with E-state index in [1.807, 2.05) is 0 Å². The molecule has 3 aromatic rings. The molecule has 32 heavy (non-hydrogen) atoms. The van der Waals surface area contributed by atoms with Gasteiger partial charge in [-0.05, 0) is 37.3 Å². The third-order valence-corrected chi connectivity index (χ3v) is 5.63. The molecule has 0 bridgehead atoms. The molecule has 1 fully saturated rings. The highest BCUT2D eigenvalue weighted by atomic mass is 35.5. The number of alkyl halides is 2. The summed E-state index contributed by atoms with van der Waals surface area (Å²) in [6.07, 6.45) is 1.96. The van der Waals surface area contributed by atoms with E-state index in [9.17, 15) is 18.4 Å². The van der Waals surface area contributed by atoms with E-state index in [4.69, 9.17) is 16.3 Å². The number of anilines is 1. The van der Waals surface area contributed by atoms with E-state index in [1.165, 1.54) is 11.1 Å². The Morgan fingerprint density at radius 3 is 2.69 bits per heavy atom. The lowest BCUT2D eigenvalue weighted by Gasteiger charge is -2.31. The van der Waals surface area contributed by atoms with Gasteiger partial charge in [-0.3, -0.25) is 10.1 Å². The van der Waals surface area contributed by atoms with Crippen LogP contribution in [0.3, 0.4) is 0 Å². The van der Waals surface area contributed by atoms with Gasteiger partial charge in [0, 0.05) is 49.4 Å². The number of carbonyl (C=O) groups is 2. The quantitative estimate of drug-likeness (QED) is 0.584. The van der Waals surface area contributed by atoms with Crippen molar-refractivity contribution in [3.05, 3.63) is 53.3 Å². The van der Waals surface area contributed by atoms with Crippen LogP contribution in [0.25, 0.3) is 16.7 Å². The summed E-state index contributed by atoms with van der Waals surface area (Å²) in [4.78, 5) is 30.4. The van der Waals surface area contributed by atoms with Gasteiger partial charge in [0.15, 0.2) is 0 Å². The number of nitrogens with zero attached hydrogens (tertiary/aromatic N) is 3. The number of hydrogen-bond acceptors (Lipinski definition) is 4. The number of carbonyl (C=O) groups excluding carboxylic acids is 2. The minimum Gasteiger partial charge on any atom is -0.450 e. The van der Waals surface area contributed by atoms with E-state index in [1.54, 1.807) is 48.0 Å². The first-order valence-electron chi connectivity index (χ1n) is 10.2. The first-order valence-corrected chi connectivity index (χ1v) is 10.5. The summed E-state index contributed by atoms with van der Waals surface area (Å²) in [5.74, 6) is -3.02. The molecule has 0 spiro atoms. The van der Waals surface area contributed by atoms with Gasteiger partial charge in [-0.1, -0.05) is 11.6 Å². The standard InChI is InChI=1S/C22H21ClF2N4O3/c1-2-32-21(31)27-18-12-16(3-4-17(18)23)29-8-5-14-11-15(13-26-19(14)29)20(30)28-9-6-22(24,25)7-10-28/h3-5,8,11-13H,2,6-7,9-10H2,1H3,(H,27,31). The second-order valence-electron chi connectivity index (χ2n) is 7.48. The van der Waals surface area contributed by atoms with Gasteiger partial charge in [0.05, 0.1) is 22.9 Å². The highest BCUT2D eigenvalue weighted by Crippen LogP contribution is 2.30. The van der Waals surface area contributed by atoms with Crippen molar-refractivity contribution in [2.24, 2.45) is 0 Å². The number of ether oxygens (including phenoxy) is 1. The number of rotatable bonds is 4. The van der Waals surface area contributed by atoms with E-state index >= 15 is 0 Å². The SMILES string of the molecule is CCOC(=O)Nc1cc(-n2ccc3cc(C(=O)N4CCC(F)(F)CC4)cnc32)ccc1Cl. The Morgan fingerprint density at radius 1 is 1.22 bits per heavy atom. The van der Waals surface area contributed by atoms with Crippen LogP contribution in [0, 0.1) is 0 Å². The van der Waals surface area contributed by atoms with Gasteiger partial charge in [0.25, 0.3) is 11.8 Å². The van der Waals surface area contributed by atoms with Crippen molar-refractivity contribution in [3.8, 4) is 5.69 Å². The first-order chi connectivity index (χ1) is 15.3. The van der Waals surface area contributed by atoms with E-state index < -0.39 is 12.0 Å². The Labute approximate surface area is 187 Å². The Hall–Kier alpha value is -3.20. The molecule has 7 nitrogen and oxygen atoms in total. The smallest absolute Gasteiger partial charge is 0.411 e. The molecule has 10 heteroatoms. The zero-order chi connectivity index (χ0) is 22.9. The van der Waals surface area contributed by atoms with Crippen LogP contribution in [0.1, 0.15) is 30.1 Å². The number of amides is 2. The molecule has 1 aliphatic rings. The van der Waals surface area contributed by atoms with Crippen molar-refractivity contribution in [2.75, 3.05) is 25.0 Å². The van der Waals surface area contributed by atoms with E-state index in [2.05, 4.69) is 10.3 Å². The zero-order valence-corrected chi connectivity index (χ0v) is 18.0. The second-order valence-corrected chi connectivity index (χ2v) is 7.89. The second kappa shape index (κ2) is 8.74. The number of likely N-dealkylation sites (tertiary alicyclic amines) is 1. The summed E-state index contributed by atoms with van der Waals surface area (Å²) in [7, 11) is 0. The molecule has 0 aliphatic carbocycles. The molecule has 3 heterocycles. The first kappa shape index (κ1) is 22.0. The van der Waals surface area contributed by atoms with Crippen molar-refractivity contribution in [1.82, 2.24) is 14.5 Å². The summed E-state index contributed by atoms with van der Waals surface area (Å²) < 4.78 is 33.5. The van der Waals surface area contributed by atoms with Gasteiger partial charge in [0.2, 0.25) is 0 Å². The minimum atomic E-state index is -2.71. The Bertz CT molecular complexity index is 1170. The van der Waals surface area contributed by atoms with Crippen molar-refractivity contribution < 1.29 is 23.1 Å². The highest BCUT2D eigenvalue weighted by molar-refractivity contribution is 6.33. The van der Waals surface area contributed by atoms with E-state index in [-0.39, 0.29) is 38.4 Å². The molecule has 168 valence electrons. The Morgan fingerprint density at radius 2 is 1.97 bits per heavy atom. The number of piperidine rings is 1. The molecular weight excluding hydrogens is 442 g/mol. The number of aromatic nitrogens is 2. The lowest BCUT2D eigenvalue weighted by Crippen LogP contribution is -2.42. The predicted molar refractivity (Wildman–Crippen MR) is 117 cm³/mol. The molecule has 0 saturated carbocycles. The van der Waals surface area contributed by atoms with E-state index in [0.717, 1.165) is 0 Å². The number of nitrogens with one attached hydrogen (secondary N) is 1. The summed E-state index contributed by atoms with van der Waals surface area (Å²) in [5.41, 5.74) is 2.02. The molecule has 1 aliphatic heterocycles. The van der Waals surface area contributed by atoms with Gasteiger partial charge in [-0.2, -0.15) is 0 Å². The van der Waals surface area contributed by atoms with Gasteiger partial charge in [-0.25, -0.2) is 18.6 Å². The van der Waals surface area contributed by atoms with Crippen molar-refractivity contribution in [3.63, 3.8) is 0 Å². The third-order valence-electron chi connectivity index (χ3n) is 5.30. The van der Waals surface area contributed by atoms with Gasteiger partial charge in [0.1, 0.15) is 5.65 Å². The molecule has 1 N–H and O–H groups in total. The van der Waals surface area contributed by atoms with Crippen LogP contribution in [0.15, 0.2) is 42.7 Å². The minimum absolute atomic E-state index is 0.0197. The predicted octanol–water partition coefficient (Wildman–Crippen LogP) is 5.12. The maximum Gasteiger partial charge on any atom is 0.411 e. The number of halogens is 3. The maximum absolute atomic E-state index is 13.4. The summed E-state index contributed by atoms with van der Waals surface area (Å²) >= 11 is 6.18. The monoisotopic (exact) mass is 462 g/mol. The Kier molecular flexibility index (Phi) is 6.01. The number of fused-ring (bicyclic) bond motifs is 1. The van der Waals surface area contributed by atoms with Crippen LogP contribution < -0.4 is 5.32 Å². The number of pyridine rings is 1. The van der Waals surface area contributed by atoms with Crippen molar-refractivity contribution in [1.29, 1.82) is 0 Å². The molecule has 0 radical (unpaired) electrons. The van der Waals surface area contributed by atoms with Crippen LogP contribution >= 0.6 is 11.6 Å². The van der Waals surface area contributed by atoms with Crippen LogP contribution in [-0.2, 0) is 4.74 Å². The summed E-state index contributed by atoms with van der Waals surface area (Å²) in [6.45, 7) is 1.98.